The van der Waals surface area contributed by atoms with E-state index in [1.54, 1.807) is 13.0 Å². The molecule has 0 bridgehead atoms. The fraction of sp³-hybridized carbons (Fsp3) is 0.429. The van der Waals surface area contributed by atoms with Crippen molar-refractivity contribution < 1.29 is 19.6 Å². The number of benzene rings is 1. The Balaban J connectivity index is 2.44. The van der Waals surface area contributed by atoms with Gasteiger partial charge in [-0.15, -0.1) is 0 Å². The van der Waals surface area contributed by atoms with E-state index in [0.29, 0.717) is 24.9 Å². The largest absolute Gasteiger partial charge is 0.480 e. The smallest absolute Gasteiger partial charge is 0.326 e. The van der Waals surface area contributed by atoms with Gasteiger partial charge in [-0.1, -0.05) is 12.1 Å². The third-order valence-corrected chi connectivity index (χ3v) is 3.71. The van der Waals surface area contributed by atoms with Gasteiger partial charge in [-0.2, -0.15) is 0 Å². The zero-order chi connectivity index (χ0) is 15.6. The Hall–Kier alpha value is -2.44. The average Bonchev–Trinajstić information content (AvgIpc) is 2.46. The number of nitro benzene ring substituents is 1. The molecule has 1 aromatic carbocycles. The third-order valence-electron chi connectivity index (χ3n) is 3.71. The average molecular weight is 292 g/mol. The number of hydrogen-bond donors (Lipinski definition) is 1. The summed E-state index contributed by atoms with van der Waals surface area (Å²) >= 11 is 0. The van der Waals surface area contributed by atoms with Crippen LogP contribution < -0.4 is 0 Å². The summed E-state index contributed by atoms with van der Waals surface area (Å²) in [4.78, 5) is 35.6. The highest BCUT2D eigenvalue weighted by atomic mass is 16.6. The molecule has 112 valence electrons. The van der Waals surface area contributed by atoms with Crippen LogP contribution in [-0.2, 0) is 4.79 Å². The van der Waals surface area contributed by atoms with Crippen molar-refractivity contribution in [1.29, 1.82) is 0 Å². The molecule has 2 rings (SSSR count). The maximum atomic E-state index is 12.6. The molecule has 21 heavy (non-hydrogen) atoms. The number of rotatable bonds is 3. The second-order valence-corrected chi connectivity index (χ2v) is 5.07. The SMILES string of the molecule is Cc1cccc([N+](=O)[O-])c1C(=O)N1CCCCC1C(=O)O. The Morgan fingerprint density at radius 2 is 2.10 bits per heavy atom. The topological polar surface area (TPSA) is 101 Å². The molecule has 1 aromatic rings. The van der Waals surface area contributed by atoms with E-state index in [1.165, 1.54) is 17.0 Å². The maximum absolute atomic E-state index is 12.6. The Bertz CT molecular complexity index is 599. The summed E-state index contributed by atoms with van der Waals surface area (Å²) in [6, 6.07) is 3.47. The molecule has 7 heteroatoms. The molecule has 1 saturated heterocycles. The lowest BCUT2D eigenvalue weighted by Crippen LogP contribution is -2.48. The minimum Gasteiger partial charge on any atom is -0.480 e. The van der Waals surface area contributed by atoms with Crippen molar-refractivity contribution in [2.24, 2.45) is 0 Å². The van der Waals surface area contributed by atoms with Gasteiger partial charge in [0, 0.05) is 12.6 Å². The first kappa shape index (κ1) is 15.0. The van der Waals surface area contributed by atoms with Crippen molar-refractivity contribution in [3.05, 3.63) is 39.4 Å². The molecule has 1 unspecified atom stereocenters. The summed E-state index contributed by atoms with van der Waals surface area (Å²) in [7, 11) is 0. The highest BCUT2D eigenvalue weighted by molar-refractivity contribution is 6.01. The van der Waals surface area contributed by atoms with Crippen LogP contribution in [0.5, 0.6) is 0 Å². The molecule has 0 radical (unpaired) electrons. The fourth-order valence-corrected chi connectivity index (χ4v) is 2.66. The first-order valence-electron chi connectivity index (χ1n) is 6.71. The Labute approximate surface area is 121 Å². The van der Waals surface area contributed by atoms with Crippen molar-refractivity contribution in [1.82, 2.24) is 4.90 Å². The molecule has 1 atom stereocenters. The summed E-state index contributed by atoms with van der Waals surface area (Å²) in [6.45, 7) is 1.92. The van der Waals surface area contributed by atoms with Crippen LogP contribution in [0.1, 0.15) is 35.2 Å². The van der Waals surface area contributed by atoms with Crippen LogP contribution >= 0.6 is 0 Å². The lowest BCUT2D eigenvalue weighted by molar-refractivity contribution is -0.385. The van der Waals surface area contributed by atoms with Gasteiger partial charge in [0.05, 0.1) is 4.92 Å². The van der Waals surface area contributed by atoms with Gasteiger partial charge in [0.25, 0.3) is 11.6 Å². The number of carbonyl (C=O) groups is 2. The maximum Gasteiger partial charge on any atom is 0.326 e. The standard InChI is InChI=1S/C14H16N2O5/c1-9-5-4-7-10(16(20)21)12(9)13(17)15-8-3-2-6-11(15)14(18)19/h4-5,7,11H,2-3,6,8H2,1H3,(H,18,19). The highest BCUT2D eigenvalue weighted by Gasteiger charge is 2.35. The zero-order valence-corrected chi connectivity index (χ0v) is 11.6. The third kappa shape index (κ3) is 2.86. The van der Waals surface area contributed by atoms with Gasteiger partial charge in [0.15, 0.2) is 0 Å². The van der Waals surface area contributed by atoms with E-state index in [9.17, 15) is 24.8 Å². The summed E-state index contributed by atoms with van der Waals surface area (Å²) in [5.41, 5.74) is 0.175. The molecule has 0 aliphatic carbocycles. The molecule has 1 heterocycles. The molecule has 1 fully saturated rings. The van der Waals surface area contributed by atoms with E-state index >= 15 is 0 Å². The number of carboxylic acids is 1. The fourth-order valence-electron chi connectivity index (χ4n) is 2.66. The second kappa shape index (κ2) is 5.90. The van der Waals surface area contributed by atoms with Gasteiger partial charge in [-0.25, -0.2) is 4.79 Å². The molecule has 0 spiro atoms. The number of carbonyl (C=O) groups excluding carboxylic acids is 1. The minimum absolute atomic E-state index is 0.0179. The van der Waals surface area contributed by atoms with Crippen molar-refractivity contribution in [2.75, 3.05) is 6.54 Å². The van der Waals surface area contributed by atoms with E-state index in [1.807, 2.05) is 0 Å². The summed E-state index contributed by atoms with van der Waals surface area (Å²) in [5, 5.41) is 20.3. The highest BCUT2D eigenvalue weighted by Crippen LogP contribution is 2.27. The molecular formula is C14H16N2O5. The van der Waals surface area contributed by atoms with Crippen LogP contribution in [0.4, 0.5) is 5.69 Å². The number of aryl methyl sites for hydroxylation is 1. The van der Waals surface area contributed by atoms with Crippen LogP contribution in [0, 0.1) is 17.0 Å². The van der Waals surface area contributed by atoms with Crippen LogP contribution in [0.25, 0.3) is 0 Å². The first-order chi connectivity index (χ1) is 9.93. The number of amides is 1. The molecule has 0 aromatic heterocycles. The molecule has 1 aliphatic rings. The molecule has 1 N–H and O–H groups in total. The summed E-state index contributed by atoms with van der Waals surface area (Å²) in [6.07, 6.45) is 1.81. The van der Waals surface area contributed by atoms with E-state index in [0.717, 1.165) is 6.42 Å². The number of nitrogens with zero attached hydrogens (tertiary/aromatic N) is 2. The zero-order valence-electron chi connectivity index (χ0n) is 11.6. The van der Waals surface area contributed by atoms with Crippen molar-refractivity contribution in [2.45, 2.75) is 32.2 Å². The summed E-state index contributed by atoms with van der Waals surface area (Å²) < 4.78 is 0. The van der Waals surface area contributed by atoms with Crippen LogP contribution in [0.2, 0.25) is 0 Å². The van der Waals surface area contributed by atoms with Crippen molar-refractivity contribution >= 4 is 17.6 Å². The van der Waals surface area contributed by atoms with Crippen molar-refractivity contribution in [3.8, 4) is 0 Å². The number of carboxylic acid groups (broad SMARTS) is 1. The quantitative estimate of drug-likeness (QED) is 0.678. The van der Waals surface area contributed by atoms with E-state index in [4.69, 9.17) is 0 Å². The van der Waals surface area contributed by atoms with Gasteiger partial charge in [-0.3, -0.25) is 14.9 Å². The van der Waals surface area contributed by atoms with E-state index in [2.05, 4.69) is 0 Å². The number of piperidine rings is 1. The van der Waals surface area contributed by atoms with Gasteiger partial charge >= 0.3 is 5.97 Å². The lowest BCUT2D eigenvalue weighted by atomic mass is 9.98. The molecule has 1 amide bonds. The van der Waals surface area contributed by atoms with Crippen LogP contribution in [0.15, 0.2) is 18.2 Å². The number of nitro groups is 1. The van der Waals surface area contributed by atoms with Crippen LogP contribution in [-0.4, -0.2) is 39.4 Å². The van der Waals surface area contributed by atoms with E-state index < -0.39 is 22.8 Å². The molecule has 0 saturated carbocycles. The molecular weight excluding hydrogens is 276 g/mol. The lowest BCUT2D eigenvalue weighted by Gasteiger charge is -2.33. The van der Waals surface area contributed by atoms with Gasteiger partial charge < -0.3 is 10.0 Å². The molecule has 7 nitrogen and oxygen atoms in total. The Morgan fingerprint density at radius 3 is 2.71 bits per heavy atom. The summed E-state index contributed by atoms with van der Waals surface area (Å²) in [5.74, 6) is -1.65. The van der Waals surface area contributed by atoms with Gasteiger partial charge in [0.2, 0.25) is 0 Å². The Morgan fingerprint density at radius 1 is 1.38 bits per heavy atom. The van der Waals surface area contributed by atoms with E-state index in [-0.39, 0.29) is 11.3 Å². The normalized spacial score (nSPS) is 18.3. The molecule has 1 aliphatic heterocycles. The first-order valence-corrected chi connectivity index (χ1v) is 6.71. The van der Waals surface area contributed by atoms with Crippen molar-refractivity contribution in [3.63, 3.8) is 0 Å². The minimum atomic E-state index is -1.07. The Kier molecular flexibility index (Phi) is 4.21. The second-order valence-electron chi connectivity index (χ2n) is 5.07. The predicted octanol–water partition coefficient (Wildman–Crippen LogP) is 1.98. The number of aliphatic carboxylic acids is 1. The van der Waals surface area contributed by atoms with Gasteiger partial charge in [0.1, 0.15) is 11.6 Å². The number of hydrogen-bond acceptors (Lipinski definition) is 4. The van der Waals surface area contributed by atoms with Crippen LogP contribution in [0.3, 0.4) is 0 Å². The number of likely N-dealkylation sites (tertiary alicyclic amines) is 1. The van der Waals surface area contributed by atoms with Gasteiger partial charge in [-0.05, 0) is 31.7 Å². The predicted molar refractivity (Wildman–Crippen MR) is 74.1 cm³/mol. The monoisotopic (exact) mass is 292 g/mol.